The Bertz CT molecular complexity index is 1530. The number of unbranched alkanes of at least 4 members (excludes halogenated alkanes) is 2. The third-order valence-electron chi connectivity index (χ3n) is 7.31. The van der Waals surface area contributed by atoms with Gasteiger partial charge in [-0.05, 0) is 47.2 Å². The van der Waals surface area contributed by atoms with E-state index >= 15 is 0 Å². The molecule has 2 N–H and O–H groups in total. The summed E-state index contributed by atoms with van der Waals surface area (Å²) in [6.07, 6.45) is 2.00. The first kappa shape index (κ1) is 34.6. The zero-order valence-electron chi connectivity index (χ0n) is 26.7. The minimum absolute atomic E-state index is 0.211. The Balaban J connectivity index is 1.26. The lowest BCUT2D eigenvalue weighted by molar-refractivity contribution is -0.145. The Morgan fingerprint density at radius 2 is 1.21 bits per heavy atom. The predicted octanol–water partition coefficient (Wildman–Crippen LogP) is 6.53. The van der Waals surface area contributed by atoms with Crippen LogP contribution in [-0.2, 0) is 45.3 Å². The third kappa shape index (κ3) is 12.5. The Labute approximate surface area is 276 Å². The second-order valence-electron chi connectivity index (χ2n) is 11.0. The number of alkyl carbamates (subject to hydrolysis) is 1. The van der Waals surface area contributed by atoms with Gasteiger partial charge in [-0.25, -0.2) is 9.59 Å². The first-order valence-electron chi connectivity index (χ1n) is 15.8. The Morgan fingerprint density at radius 1 is 0.638 bits per heavy atom. The first-order chi connectivity index (χ1) is 23.0. The van der Waals surface area contributed by atoms with Gasteiger partial charge in [-0.3, -0.25) is 4.79 Å². The van der Waals surface area contributed by atoms with E-state index in [1.807, 2.05) is 109 Å². The number of hydrogen-bond donors (Lipinski definition) is 2. The van der Waals surface area contributed by atoms with Crippen molar-refractivity contribution in [1.29, 1.82) is 0 Å². The van der Waals surface area contributed by atoms with Gasteiger partial charge in [0.25, 0.3) is 0 Å². The molecular weight excluding hydrogens is 596 g/mol. The molecule has 4 rings (SSSR count). The molecule has 0 radical (unpaired) electrons. The zero-order chi connectivity index (χ0) is 33.1. The Kier molecular flexibility index (Phi) is 14.2. The third-order valence-corrected chi connectivity index (χ3v) is 7.31. The van der Waals surface area contributed by atoms with E-state index in [1.165, 1.54) is 7.11 Å². The fraction of sp³-hybridized carbons (Fsp3) is 0.289. The van der Waals surface area contributed by atoms with E-state index < -0.39 is 18.1 Å². The van der Waals surface area contributed by atoms with Crippen LogP contribution in [-0.4, -0.2) is 37.7 Å². The van der Waals surface area contributed by atoms with Gasteiger partial charge < -0.3 is 29.6 Å². The van der Waals surface area contributed by atoms with Crippen LogP contribution in [0.3, 0.4) is 0 Å². The topological polar surface area (TPSA) is 112 Å². The smallest absolute Gasteiger partial charge is 0.407 e. The van der Waals surface area contributed by atoms with Crippen LogP contribution >= 0.6 is 0 Å². The molecule has 246 valence electrons. The lowest BCUT2D eigenvalue weighted by atomic mass is 10.0. The number of benzene rings is 4. The monoisotopic (exact) mass is 638 g/mol. The minimum Gasteiger partial charge on any atom is -0.485 e. The van der Waals surface area contributed by atoms with Gasteiger partial charge in [0.2, 0.25) is 5.91 Å². The van der Waals surface area contributed by atoms with Crippen LogP contribution in [0, 0.1) is 0 Å². The van der Waals surface area contributed by atoms with E-state index in [0.29, 0.717) is 44.1 Å². The molecule has 0 bridgehead atoms. The number of rotatable bonds is 18. The molecule has 0 aliphatic rings. The summed E-state index contributed by atoms with van der Waals surface area (Å²) >= 11 is 0. The standard InChI is InChI=1S/C38H42N2O7/c1-44-37(42)33(40-36(41)20-12-5-13-23-39-38(43)47-28-31-18-10-4-11-19-31)24-32-21-22-34(45-26-29-14-6-2-7-15-29)35(25-32)46-27-30-16-8-3-9-17-30/h2-4,6-11,14-19,21-22,25,33H,5,12-13,20,23-24,26-28H2,1H3,(H,39,43)(H,40,41)/t33-/m1/s1. The van der Waals surface area contributed by atoms with E-state index in [-0.39, 0.29) is 25.4 Å². The average Bonchev–Trinajstić information content (AvgIpc) is 3.11. The fourth-order valence-corrected chi connectivity index (χ4v) is 4.77. The van der Waals surface area contributed by atoms with Gasteiger partial charge in [0, 0.05) is 19.4 Å². The van der Waals surface area contributed by atoms with Gasteiger partial charge >= 0.3 is 12.1 Å². The predicted molar refractivity (Wildman–Crippen MR) is 179 cm³/mol. The summed E-state index contributed by atoms with van der Waals surface area (Å²) in [5, 5.41) is 5.54. The highest BCUT2D eigenvalue weighted by Crippen LogP contribution is 2.31. The summed E-state index contributed by atoms with van der Waals surface area (Å²) in [6, 6.07) is 33.8. The molecule has 1 atom stereocenters. The number of amides is 2. The molecule has 0 aliphatic carbocycles. The molecule has 4 aromatic carbocycles. The maximum absolute atomic E-state index is 12.8. The molecule has 0 heterocycles. The molecule has 0 spiro atoms. The Hall–Kier alpha value is -5.31. The molecule has 0 aliphatic heterocycles. The summed E-state index contributed by atoms with van der Waals surface area (Å²) < 4.78 is 22.5. The highest BCUT2D eigenvalue weighted by molar-refractivity contribution is 5.84. The second-order valence-corrected chi connectivity index (χ2v) is 11.0. The van der Waals surface area contributed by atoms with Crippen molar-refractivity contribution < 1.29 is 33.3 Å². The molecule has 0 saturated carbocycles. The molecule has 0 unspecified atom stereocenters. The maximum atomic E-state index is 12.8. The molecule has 0 aromatic heterocycles. The van der Waals surface area contributed by atoms with Gasteiger partial charge in [0.1, 0.15) is 25.9 Å². The lowest BCUT2D eigenvalue weighted by Gasteiger charge is -2.19. The van der Waals surface area contributed by atoms with E-state index in [0.717, 1.165) is 28.7 Å². The van der Waals surface area contributed by atoms with Gasteiger partial charge in [0.15, 0.2) is 11.5 Å². The van der Waals surface area contributed by atoms with Crippen LogP contribution < -0.4 is 20.1 Å². The number of carbonyl (C=O) groups excluding carboxylic acids is 3. The van der Waals surface area contributed by atoms with Gasteiger partial charge in [-0.15, -0.1) is 0 Å². The van der Waals surface area contributed by atoms with E-state index in [9.17, 15) is 14.4 Å². The summed E-state index contributed by atoms with van der Waals surface area (Å²) in [4.78, 5) is 37.3. The van der Waals surface area contributed by atoms with Crippen LogP contribution in [0.25, 0.3) is 0 Å². The average molecular weight is 639 g/mol. The number of hydrogen-bond acceptors (Lipinski definition) is 7. The maximum Gasteiger partial charge on any atom is 0.407 e. The molecule has 0 saturated heterocycles. The summed E-state index contributed by atoms with van der Waals surface area (Å²) in [7, 11) is 1.30. The first-order valence-corrected chi connectivity index (χ1v) is 15.8. The Morgan fingerprint density at radius 3 is 1.81 bits per heavy atom. The highest BCUT2D eigenvalue weighted by Gasteiger charge is 2.23. The van der Waals surface area contributed by atoms with Crippen molar-refractivity contribution in [3.63, 3.8) is 0 Å². The number of nitrogens with one attached hydrogen (secondary N) is 2. The van der Waals surface area contributed by atoms with Crippen LogP contribution in [0.2, 0.25) is 0 Å². The van der Waals surface area contributed by atoms with Crippen LogP contribution in [0.5, 0.6) is 11.5 Å². The summed E-state index contributed by atoms with van der Waals surface area (Å²) in [5.41, 5.74) is 3.73. The quantitative estimate of drug-likeness (QED) is 0.0941. The number of methoxy groups -OCH3 is 1. The summed E-state index contributed by atoms with van der Waals surface area (Å²) in [5.74, 6) is 0.327. The molecular formula is C38H42N2O7. The normalized spacial score (nSPS) is 11.2. The number of esters is 1. The number of ether oxygens (including phenoxy) is 4. The van der Waals surface area contributed by atoms with Gasteiger partial charge in [-0.2, -0.15) is 0 Å². The largest absolute Gasteiger partial charge is 0.485 e. The van der Waals surface area contributed by atoms with Gasteiger partial charge in [0.05, 0.1) is 7.11 Å². The van der Waals surface area contributed by atoms with Crippen molar-refractivity contribution in [2.45, 2.75) is 58.0 Å². The minimum atomic E-state index is -0.869. The van der Waals surface area contributed by atoms with E-state index in [4.69, 9.17) is 18.9 Å². The summed E-state index contributed by atoms with van der Waals surface area (Å²) in [6.45, 7) is 1.37. The highest BCUT2D eigenvalue weighted by atomic mass is 16.5. The SMILES string of the molecule is COC(=O)[C@@H](Cc1ccc(OCc2ccccc2)c(OCc2ccccc2)c1)NC(=O)CCCCCNC(=O)OCc1ccccc1. The zero-order valence-corrected chi connectivity index (χ0v) is 26.7. The molecule has 9 nitrogen and oxygen atoms in total. The van der Waals surface area contributed by atoms with Crippen LogP contribution in [0.1, 0.15) is 47.9 Å². The van der Waals surface area contributed by atoms with Crippen molar-refractivity contribution in [3.05, 3.63) is 131 Å². The lowest BCUT2D eigenvalue weighted by Crippen LogP contribution is -2.43. The van der Waals surface area contributed by atoms with Crippen molar-refractivity contribution in [3.8, 4) is 11.5 Å². The molecule has 47 heavy (non-hydrogen) atoms. The molecule has 4 aromatic rings. The molecule has 0 fully saturated rings. The van der Waals surface area contributed by atoms with Crippen molar-refractivity contribution >= 4 is 18.0 Å². The van der Waals surface area contributed by atoms with Crippen LogP contribution in [0.15, 0.2) is 109 Å². The van der Waals surface area contributed by atoms with E-state index in [2.05, 4.69) is 10.6 Å². The van der Waals surface area contributed by atoms with Crippen molar-refractivity contribution in [2.75, 3.05) is 13.7 Å². The fourth-order valence-electron chi connectivity index (χ4n) is 4.77. The van der Waals surface area contributed by atoms with Crippen molar-refractivity contribution in [1.82, 2.24) is 10.6 Å². The van der Waals surface area contributed by atoms with E-state index in [1.54, 1.807) is 0 Å². The second kappa shape index (κ2) is 19.3. The van der Waals surface area contributed by atoms with Crippen molar-refractivity contribution in [2.24, 2.45) is 0 Å². The molecule has 9 heteroatoms. The number of carbonyl (C=O) groups is 3. The van der Waals surface area contributed by atoms with Crippen LogP contribution in [0.4, 0.5) is 4.79 Å². The molecule has 2 amide bonds. The van der Waals surface area contributed by atoms with Gasteiger partial charge in [-0.1, -0.05) is 103 Å².